The molecule has 4 nitrogen and oxygen atoms in total. The molecular formula is C66H43BN2O2Si. The van der Waals surface area contributed by atoms with Gasteiger partial charge in [-0.2, -0.15) is 0 Å². The molecule has 0 N–H and O–H groups in total. The highest BCUT2D eigenvalue weighted by molar-refractivity contribution is 7.20. The maximum Gasteiger partial charge on any atom is 0.260 e. The summed E-state index contributed by atoms with van der Waals surface area (Å²) in [4.78, 5) is 0. The van der Waals surface area contributed by atoms with Crippen molar-refractivity contribution in [2.24, 2.45) is 0 Å². The molecule has 0 amide bonds. The fourth-order valence-corrected chi connectivity index (χ4v) is 17.3. The number of para-hydroxylation sites is 4. The van der Waals surface area contributed by atoms with Crippen LogP contribution in [0.1, 0.15) is 0 Å². The van der Waals surface area contributed by atoms with Crippen molar-refractivity contribution in [3.8, 4) is 45.5 Å². The van der Waals surface area contributed by atoms with Gasteiger partial charge in [0.2, 0.25) is 0 Å². The lowest BCUT2D eigenvalue weighted by Gasteiger charge is -2.35. The van der Waals surface area contributed by atoms with Gasteiger partial charge in [-0.25, -0.2) is 0 Å². The third-order valence-corrected chi connectivity index (χ3v) is 20.2. The van der Waals surface area contributed by atoms with Crippen molar-refractivity contribution in [1.29, 1.82) is 0 Å². The Labute approximate surface area is 418 Å². The molecule has 0 radical (unpaired) electrons. The molecule has 0 saturated carbocycles. The Bertz CT molecular complexity index is 4190. The molecule has 2 aliphatic heterocycles. The van der Waals surface area contributed by atoms with Crippen molar-refractivity contribution in [1.82, 2.24) is 9.13 Å². The largest absolute Gasteiger partial charge is 0.458 e. The van der Waals surface area contributed by atoms with E-state index in [9.17, 15) is 0 Å². The smallest absolute Gasteiger partial charge is 0.260 e. The zero-order chi connectivity index (χ0) is 47.3. The average molecular weight is 935 g/mol. The molecule has 0 bridgehead atoms. The normalized spacial score (nSPS) is 12.6. The lowest BCUT2D eigenvalue weighted by Crippen LogP contribution is -2.74. The summed E-state index contributed by atoms with van der Waals surface area (Å²) in [6, 6.07) is 95.6. The monoisotopic (exact) mass is 934 g/mol. The van der Waals surface area contributed by atoms with Crippen molar-refractivity contribution in [3.63, 3.8) is 0 Å². The highest BCUT2D eigenvalue weighted by Gasteiger charge is 2.44. The third-order valence-electron chi connectivity index (χ3n) is 15.4. The van der Waals surface area contributed by atoms with E-state index >= 15 is 0 Å². The summed E-state index contributed by atoms with van der Waals surface area (Å²) in [5.74, 6) is 3.38. The minimum atomic E-state index is -2.94. The minimum Gasteiger partial charge on any atom is -0.458 e. The van der Waals surface area contributed by atoms with Gasteiger partial charge in [-0.3, -0.25) is 0 Å². The predicted octanol–water partition coefficient (Wildman–Crippen LogP) is 11.7. The van der Waals surface area contributed by atoms with E-state index in [2.05, 4.69) is 270 Å². The van der Waals surface area contributed by atoms with Gasteiger partial charge in [0.1, 0.15) is 23.0 Å². The van der Waals surface area contributed by atoms with E-state index in [1.807, 2.05) is 0 Å². The number of nitrogens with zero attached hydrogens (tertiary/aromatic N) is 2. The first-order valence-corrected chi connectivity index (χ1v) is 26.8. The van der Waals surface area contributed by atoms with Gasteiger partial charge in [-0.1, -0.05) is 200 Å². The fourth-order valence-electron chi connectivity index (χ4n) is 12.5. The molecular weight excluding hydrogens is 892 g/mol. The molecule has 0 spiro atoms. The molecule has 11 aromatic carbocycles. The van der Waals surface area contributed by atoms with Crippen LogP contribution in [0.25, 0.3) is 66.1 Å². The first kappa shape index (κ1) is 40.8. The summed E-state index contributed by atoms with van der Waals surface area (Å²) >= 11 is 0. The van der Waals surface area contributed by atoms with E-state index in [-0.39, 0.29) is 6.71 Å². The standard InChI is InChI=1S/C66H43BN2O2Si/c1-5-22-45(23-6-1)68-54-34-16-13-31-50(54)63-57(68)41-42-58-64(63)51-32-14-17-35-55(51)69(58)56-40-39-53-66(71-61-38-20-37-60-65(61)67(53)52-33-15-18-36-59(52)70-60)62(56)44-21-19-30-49(43-44)72(46-24-7-2-8-25-46,47-26-9-3-10-27-47)48-28-11-4-12-29-48/h1-43H. The van der Waals surface area contributed by atoms with E-state index < -0.39 is 8.07 Å². The third kappa shape index (κ3) is 5.81. The van der Waals surface area contributed by atoms with Gasteiger partial charge in [-0.05, 0) is 97.9 Å². The molecule has 6 heteroatoms. The number of hydrogen-bond acceptors (Lipinski definition) is 2. The molecule has 0 saturated heterocycles. The van der Waals surface area contributed by atoms with E-state index in [0.717, 1.165) is 72.9 Å². The van der Waals surface area contributed by atoms with Crippen LogP contribution in [0.5, 0.6) is 23.0 Å². The molecule has 336 valence electrons. The Balaban J connectivity index is 1.07. The van der Waals surface area contributed by atoms with E-state index in [1.54, 1.807) is 0 Å². The highest BCUT2D eigenvalue weighted by Crippen LogP contribution is 2.47. The Hall–Kier alpha value is -9.10. The average Bonchev–Trinajstić information content (AvgIpc) is 3.97. The van der Waals surface area contributed by atoms with Gasteiger partial charge in [0.05, 0.1) is 27.8 Å². The van der Waals surface area contributed by atoms with Crippen LogP contribution >= 0.6 is 0 Å². The SMILES string of the molecule is c1ccc(-n2c3ccccc3c3c4c5ccccc5n(-c5ccc6c(c5-c5cccc([Si](c7ccccc7)(c7ccccc7)c7ccccc7)c5)Oc5cccc7c5B6c5ccccc5O7)c4ccc32)cc1. The highest BCUT2D eigenvalue weighted by atomic mass is 28.3. The molecule has 13 aromatic rings. The Morgan fingerprint density at radius 3 is 1.50 bits per heavy atom. The Morgan fingerprint density at radius 1 is 0.347 bits per heavy atom. The first-order chi connectivity index (χ1) is 35.8. The maximum atomic E-state index is 7.46. The number of hydrogen-bond donors (Lipinski definition) is 0. The fraction of sp³-hybridized carbons (Fsp3) is 0. The molecule has 0 atom stereocenters. The summed E-state index contributed by atoms with van der Waals surface area (Å²) in [6.07, 6.45) is 0. The molecule has 15 rings (SSSR count). The van der Waals surface area contributed by atoms with Crippen molar-refractivity contribution in [2.75, 3.05) is 0 Å². The van der Waals surface area contributed by atoms with Crippen molar-refractivity contribution in [2.45, 2.75) is 0 Å². The van der Waals surface area contributed by atoms with Gasteiger partial charge in [0, 0.05) is 38.3 Å². The van der Waals surface area contributed by atoms with Crippen LogP contribution in [0.4, 0.5) is 0 Å². The zero-order valence-corrected chi connectivity index (χ0v) is 40.1. The summed E-state index contributed by atoms with van der Waals surface area (Å²) in [5.41, 5.74) is 12.2. The second-order valence-corrected chi connectivity index (χ2v) is 22.9. The summed E-state index contributed by atoms with van der Waals surface area (Å²) in [5, 5.41) is 10.2. The molecule has 4 heterocycles. The number of fused-ring (bicyclic) bond motifs is 11. The second-order valence-electron chi connectivity index (χ2n) is 19.0. The molecule has 0 unspecified atom stereocenters. The summed E-state index contributed by atoms with van der Waals surface area (Å²) in [6.45, 7) is -0.103. The van der Waals surface area contributed by atoms with Crippen LogP contribution in [-0.2, 0) is 0 Å². The molecule has 72 heavy (non-hydrogen) atoms. The second kappa shape index (κ2) is 16.0. The topological polar surface area (TPSA) is 28.3 Å². The molecule has 2 aliphatic rings. The van der Waals surface area contributed by atoms with Gasteiger partial charge in [0.25, 0.3) is 6.71 Å². The van der Waals surface area contributed by atoms with Crippen LogP contribution in [0.3, 0.4) is 0 Å². The van der Waals surface area contributed by atoms with Gasteiger partial charge < -0.3 is 18.6 Å². The predicted molar refractivity (Wildman–Crippen MR) is 302 cm³/mol. The van der Waals surface area contributed by atoms with E-state index in [0.29, 0.717) is 0 Å². The molecule has 0 aliphatic carbocycles. The Morgan fingerprint density at radius 2 is 0.847 bits per heavy atom. The van der Waals surface area contributed by atoms with Crippen LogP contribution < -0.4 is 46.6 Å². The minimum absolute atomic E-state index is 0.103. The lowest BCUT2D eigenvalue weighted by atomic mass is 9.34. The molecule has 2 aromatic heterocycles. The number of ether oxygens (including phenoxy) is 2. The van der Waals surface area contributed by atoms with Crippen molar-refractivity contribution < 1.29 is 9.47 Å². The van der Waals surface area contributed by atoms with Crippen LogP contribution in [0.15, 0.2) is 261 Å². The van der Waals surface area contributed by atoms with Gasteiger partial charge in [-0.15, -0.1) is 0 Å². The maximum absolute atomic E-state index is 7.46. The Kier molecular flexibility index (Phi) is 9.04. The first-order valence-electron chi connectivity index (χ1n) is 24.8. The molecule has 0 fully saturated rings. The van der Waals surface area contributed by atoms with Crippen molar-refractivity contribution >= 4 is 95.5 Å². The number of rotatable bonds is 7. The van der Waals surface area contributed by atoms with E-state index in [4.69, 9.17) is 9.47 Å². The van der Waals surface area contributed by atoms with Crippen LogP contribution in [-0.4, -0.2) is 23.9 Å². The van der Waals surface area contributed by atoms with Crippen molar-refractivity contribution in [3.05, 3.63) is 261 Å². The zero-order valence-electron chi connectivity index (χ0n) is 39.1. The lowest BCUT2D eigenvalue weighted by molar-refractivity contribution is 0.465. The summed E-state index contributed by atoms with van der Waals surface area (Å²) in [7, 11) is -2.94. The van der Waals surface area contributed by atoms with Gasteiger partial charge >= 0.3 is 0 Å². The number of benzene rings is 11. The van der Waals surface area contributed by atoms with Crippen LogP contribution in [0, 0.1) is 0 Å². The summed E-state index contributed by atoms with van der Waals surface area (Å²) < 4.78 is 19.0. The van der Waals surface area contributed by atoms with Gasteiger partial charge in [0.15, 0.2) is 8.07 Å². The van der Waals surface area contributed by atoms with E-state index in [1.165, 1.54) is 53.3 Å². The number of aromatic nitrogens is 2. The quantitative estimate of drug-likeness (QED) is 0.118. The van der Waals surface area contributed by atoms with Crippen LogP contribution in [0.2, 0.25) is 0 Å².